The van der Waals surface area contributed by atoms with E-state index in [0.717, 1.165) is 3.57 Å². The smallest absolute Gasteiger partial charge is 0.277 e. The number of carbonyl (C=O) groups excluding carboxylic acids is 1. The minimum absolute atomic E-state index is 0.257. The van der Waals surface area contributed by atoms with Crippen LogP contribution in [-0.2, 0) is 0 Å². The van der Waals surface area contributed by atoms with E-state index >= 15 is 0 Å². The molecule has 0 saturated heterocycles. The first-order valence-corrected chi connectivity index (χ1v) is 5.22. The maximum atomic E-state index is 12.7. The molecule has 0 aliphatic rings. The van der Waals surface area contributed by atoms with Gasteiger partial charge in [-0.3, -0.25) is 4.79 Å². The van der Waals surface area contributed by atoms with Gasteiger partial charge in [0.1, 0.15) is 5.69 Å². The Labute approximate surface area is 98.7 Å². The van der Waals surface area contributed by atoms with E-state index in [2.05, 4.69) is 10.3 Å². The second-order valence-electron chi connectivity index (χ2n) is 2.97. The SMILES string of the molecule is NCC(F)(F)CNC(=O)c1cc(I)c[nH]1. The highest BCUT2D eigenvalue weighted by Crippen LogP contribution is 2.10. The Morgan fingerprint density at radius 1 is 1.67 bits per heavy atom. The first-order chi connectivity index (χ1) is 6.94. The molecule has 1 heterocycles. The van der Waals surface area contributed by atoms with Gasteiger partial charge in [-0.05, 0) is 28.7 Å². The van der Waals surface area contributed by atoms with Crippen molar-refractivity contribution in [1.29, 1.82) is 0 Å². The van der Waals surface area contributed by atoms with Crippen molar-refractivity contribution in [2.45, 2.75) is 5.92 Å². The first kappa shape index (κ1) is 12.4. The van der Waals surface area contributed by atoms with Crippen LogP contribution in [-0.4, -0.2) is 29.9 Å². The molecule has 1 rings (SSSR count). The number of hydrogen-bond donors (Lipinski definition) is 3. The number of amides is 1. The fourth-order valence-corrected chi connectivity index (χ4v) is 1.34. The van der Waals surface area contributed by atoms with E-state index in [1.165, 1.54) is 0 Å². The van der Waals surface area contributed by atoms with Gasteiger partial charge in [0.25, 0.3) is 11.8 Å². The van der Waals surface area contributed by atoms with Crippen LogP contribution in [0.5, 0.6) is 0 Å². The van der Waals surface area contributed by atoms with E-state index in [9.17, 15) is 13.6 Å². The summed E-state index contributed by atoms with van der Waals surface area (Å²) in [6.45, 7) is -1.53. The van der Waals surface area contributed by atoms with Crippen molar-refractivity contribution in [2.24, 2.45) is 5.73 Å². The number of halogens is 3. The molecule has 0 atom stereocenters. The van der Waals surface area contributed by atoms with E-state index in [4.69, 9.17) is 5.73 Å². The van der Waals surface area contributed by atoms with E-state index in [1.807, 2.05) is 22.6 Å². The van der Waals surface area contributed by atoms with Gasteiger partial charge < -0.3 is 16.0 Å². The third kappa shape index (κ3) is 3.74. The quantitative estimate of drug-likeness (QED) is 0.720. The van der Waals surface area contributed by atoms with Crippen molar-refractivity contribution in [3.8, 4) is 0 Å². The highest BCUT2D eigenvalue weighted by molar-refractivity contribution is 14.1. The van der Waals surface area contributed by atoms with E-state index in [0.29, 0.717) is 0 Å². The summed E-state index contributed by atoms with van der Waals surface area (Å²) in [5.74, 6) is -3.62. The topological polar surface area (TPSA) is 70.9 Å². The van der Waals surface area contributed by atoms with Crippen molar-refractivity contribution in [2.75, 3.05) is 13.1 Å². The second-order valence-corrected chi connectivity index (χ2v) is 4.22. The van der Waals surface area contributed by atoms with Gasteiger partial charge in [0.15, 0.2) is 0 Å². The Hall–Kier alpha value is -0.700. The molecular formula is C8H10F2IN3O. The van der Waals surface area contributed by atoms with Crippen molar-refractivity contribution < 1.29 is 13.6 Å². The molecule has 1 aromatic rings. The largest absolute Gasteiger partial charge is 0.356 e. The molecule has 0 bridgehead atoms. The highest BCUT2D eigenvalue weighted by Gasteiger charge is 2.27. The van der Waals surface area contributed by atoms with Gasteiger partial charge >= 0.3 is 0 Å². The normalized spacial score (nSPS) is 11.5. The van der Waals surface area contributed by atoms with E-state index < -0.39 is 24.9 Å². The molecule has 0 unspecified atom stereocenters. The summed E-state index contributed by atoms with van der Waals surface area (Å²) >= 11 is 2.01. The summed E-state index contributed by atoms with van der Waals surface area (Å²) in [6, 6.07) is 1.57. The minimum atomic E-state index is -3.06. The van der Waals surface area contributed by atoms with E-state index in [1.54, 1.807) is 12.3 Å². The predicted octanol–water partition coefficient (Wildman–Crippen LogP) is 0.943. The van der Waals surface area contributed by atoms with Gasteiger partial charge in [0, 0.05) is 9.77 Å². The Morgan fingerprint density at radius 3 is 2.80 bits per heavy atom. The number of rotatable bonds is 4. The molecule has 0 aromatic carbocycles. The summed E-state index contributed by atoms with van der Waals surface area (Å²) in [5.41, 5.74) is 5.08. The lowest BCUT2D eigenvalue weighted by Crippen LogP contribution is -2.41. The lowest BCUT2D eigenvalue weighted by atomic mass is 10.3. The molecule has 0 saturated carbocycles. The maximum absolute atomic E-state index is 12.7. The number of alkyl halides is 2. The van der Waals surface area contributed by atoms with Crippen LogP contribution >= 0.6 is 22.6 Å². The molecule has 0 radical (unpaired) electrons. The van der Waals surface area contributed by atoms with Crippen LogP contribution in [0.3, 0.4) is 0 Å². The van der Waals surface area contributed by atoms with Gasteiger partial charge in [0.05, 0.1) is 13.1 Å². The fourth-order valence-electron chi connectivity index (χ4n) is 0.876. The third-order valence-electron chi connectivity index (χ3n) is 1.70. The van der Waals surface area contributed by atoms with E-state index in [-0.39, 0.29) is 5.69 Å². The van der Waals surface area contributed by atoms with Crippen LogP contribution in [0, 0.1) is 3.57 Å². The van der Waals surface area contributed by atoms with Gasteiger partial charge in [-0.25, -0.2) is 8.78 Å². The standard InChI is InChI=1S/C8H10F2IN3O/c9-8(10,3-12)4-14-7(15)6-1-5(11)2-13-6/h1-2,13H,3-4,12H2,(H,14,15). The van der Waals surface area contributed by atoms with Crippen molar-refractivity contribution in [1.82, 2.24) is 10.3 Å². The lowest BCUT2D eigenvalue weighted by molar-refractivity contribution is 0.0118. The number of nitrogens with two attached hydrogens (primary N) is 1. The molecule has 0 spiro atoms. The van der Waals surface area contributed by atoms with Crippen LogP contribution in [0.1, 0.15) is 10.5 Å². The van der Waals surface area contributed by atoms with Crippen LogP contribution in [0.15, 0.2) is 12.3 Å². The van der Waals surface area contributed by atoms with Gasteiger partial charge in [0.2, 0.25) is 0 Å². The molecule has 7 heteroatoms. The lowest BCUT2D eigenvalue weighted by Gasteiger charge is -2.13. The number of carbonyl (C=O) groups is 1. The predicted molar refractivity (Wildman–Crippen MR) is 59.8 cm³/mol. The first-order valence-electron chi connectivity index (χ1n) is 4.14. The summed E-state index contributed by atoms with van der Waals surface area (Å²) in [6.07, 6.45) is 1.61. The third-order valence-corrected chi connectivity index (χ3v) is 2.32. The molecule has 84 valence electrons. The van der Waals surface area contributed by atoms with Gasteiger partial charge in [-0.15, -0.1) is 0 Å². The number of nitrogens with one attached hydrogen (secondary N) is 2. The molecule has 1 amide bonds. The van der Waals surface area contributed by atoms with Crippen LogP contribution in [0.2, 0.25) is 0 Å². The molecule has 0 aliphatic carbocycles. The van der Waals surface area contributed by atoms with Crippen molar-refractivity contribution >= 4 is 28.5 Å². The minimum Gasteiger partial charge on any atom is -0.356 e. The average molecular weight is 329 g/mol. The zero-order valence-corrected chi connectivity index (χ0v) is 9.85. The maximum Gasteiger partial charge on any atom is 0.277 e. The number of H-pyrrole nitrogens is 1. The van der Waals surface area contributed by atoms with Crippen LogP contribution in [0.4, 0.5) is 8.78 Å². The van der Waals surface area contributed by atoms with Crippen molar-refractivity contribution in [3.05, 3.63) is 21.5 Å². The molecular weight excluding hydrogens is 319 g/mol. The molecule has 1 aromatic heterocycles. The second kappa shape index (κ2) is 4.88. The zero-order chi connectivity index (χ0) is 11.5. The van der Waals surface area contributed by atoms with Gasteiger partial charge in [-0.2, -0.15) is 0 Å². The highest BCUT2D eigenvalue weighted by atomic mass is 127. The molecule has 0 fully saturated rings. The van der Waals surface area contributed by atoms with Crippen LogP contribution in [0.25, 0.3) is 0 Å². The summed E-state index contributed by atoms with van der Waals surface area (Å²) in [4.78, 5) is 14.0. The monoisotopic (exact) mass is 329 g/mol. The molecule has 4 nitrogen and oxygen atoms in total. The summed E-state index contributed by atoms with van der Waals surface area (Å²) < 4.78 is 26.2. The van der Waals surface area contributed by atoms with Crippen LogP contribution < -0.4 is 11.1 Å². The van der Waals surface area contributed by atoms with Crippen molar-refractivity contribution in [3.63, 3.8) is 0 Å². The number of hydrogen-bond acceptors (Lipinski definition) is 2. The number of aromatic amines is 1. The molecule has 0 aliphatic heterocycles. The summed E-state index contributed by atoms with van der Waals surface area (Å²) in [7, 11) is 0. The van der Waals surface area contributed by atoms with Gasteiger partial charge in [-0.1, -0.05) is 0 Å². The summed E-state index contributed by atoms with van der Waals surface area (Å²) in [5, 5.41) is 2.10. The molecule has 4 N–H and O–H groups in total. The zero-order valence-electron chi connectivity index (χ0n) is 7.69. The Morgan fingerprint density at radius 2 is 2.33 bits per heavy atom. The average Bonchev–Trinajstić information content (AvgIpc) is 2.61. The Balaban J connectivity index is 2.50. The Bertz CT molecular complexity index is 353. The molecule has 15 heavy (non-hydrogen) atoms. The Kier molecular flexibility index (Phi) is 4.03. The fraction of sp³-hybridized carbons (Fsp3) is 0.375. The number of aromatic nitrogens is 1.